The maximum absolute atomic E-state index is 12.9. The highest BCUT2D eigenvalue weighted by Crippen LogP contribution is 2.31. The van der Waals surface area contributed by atoms with Crippen molar-refractivity contribution < 1.29 is 22.5 Å². The molecule has 162 valence electrons. The average Bonchev–Trinajstić information content (AvgIpc) is 3.22. The summed E-state index contributed by atoms with van der Waals surface area (Å²) >= 11 is 3.38. The van der Waals surface area contributed by atoms with E-state index in [9.17, 15) is 18.0 Å². The molecule has 1 aromatic heterocycles. The van der Waals surface area contributed by atoms with Gasteiger partial charge in [0.2, 0.25) is 0 Å². The van der Waals surface area contributed by atoms with Gasteiger partial charge in [-0.1, -0.05) is 33.2 Å². The van der Waals surface area contributed by atoms with Crippen LogP contribution in [-0.4, -0.2) is 52.0 Å². The van der Waals surface area contributed by atoms with Gasteiger partial charge in [-0.2, -0.15) is 18.2 Å². The fourth-order valence-corrected chi connectivity index (χ4v) is 3.78. The topological polar surface area (TPSA) is 62.5 Å². The second-order valence-electron chi connectivity index (χ2n) is 7.17. The number of carbonyl (C=O) groups excluding carboxylic acids is 1. The van der Waals surface area contributed by atoms with Gasteiger partial charge < -0.3 is 9.42 Å². The Balaban J connectivity index is 1.36. The summed E-state index contributed by atoms with van der Waals surface area (Å²) < 4.78 is 44.7. The lowest BCUT2D eigenvalue weighted by molar-refractivity contribution is -0.137. The summed E-state index contributed by atoms with van der Waals surface area (Å²) in [6.45, 7) is 2.77. The Kier molecular flexibility index (Phi) is 6.10. The van der Waals surface area contributed by atoms with Gasteiger partial charge in [0.05, 0.1) is 12.1 Å². The molecule has 1 fully saturated rings. The number of nitrogens with zero attached hydrogens (tertiary/aromatic N) is 4. The van der Waals surface area contributed by atoms with Gasteiger partial charge in [-0.05, 0) is 36.4 Å². The fraction of sp³-hybridized carbons (Fsp3) is 0.286. The van der Waals surface area contributed by atoms with Gasteiger partial charge in [0.1, 0.15) is 0 Å². The molecular formula is C21H18BrF3N4O2. The van der Waals surface area contributed by atoms with Crippen molar-refractivity contribution in [3.63, 3.8) is 0 Å². The molecule has 3 aromatic rings. The van der Waals surface area contributed by atoms with E-state index in [1.165, 1.54) is 12.1 Å². The molecule has 0 atom stereocenters. The summed E-state index contributed by atoms with van der Waals surface area (Å²) in [6.07, 6.45) is -4.44. The predicted octanol–water partition coefficient (Wildman–Crippen LogP) is 4.48. The van der Waals surface area contributed by atoms with Gasteiger partial charge in [-0.3, -0.25) is 9.69 Å². The highest BCUT2D eigenvalue weighted by molar-refractivity contribution is 9.10. The molecule has 2 heterocycles. The lowest BCUT2D eigenvalue weighted by Gasteiger charge is -2.34. The summed E-state index contributed by atoms with van der Waals surface area (Å²) in [5.41, 5.74) is 0.0840. The van der Waals surface area contributed by atoms with Crippen molar-refractivity contribution in [3.05, 3.63) is 70.0 Å². The molecule has 2 aromatic carbocycles. The van der Waals surface area contributed by atoms with Gasteiger partial charge in [0, 0.05) is 41.8 Å². The zero-order valence-corrected chi connectivity index (χ0v) is 17.9. The second-order valence-corrected chi connectivity index (χ2v) is 8.09. The molecule has 0 unspecified atom stereocenters. The van der Waals surface area contributed by atoms with Crippen LogP contribution in [0, 0.1) is 0 Å². The second kappa shape index (κ2) is 8.80. The van der Waals surface area contributed by atoms with Gasteiger partial charge >= 0.3 is 6.18 Å². The number of alkyl halides is 3. The first-order valence-corrected chi connectivity index (χ1v) is 10.4. The molecule has 1 saturated heterocycles. The van der Waals surface area contributed by atoms with Crippen LogP contribution < -0.4 is 0 Å². The van der Waals surface area contributed by atoms with Crippen molar-refractivity contribution in [2.45, 2.75) is 12.7 Å². The first-order valence-electron chi connectivity index (χ1n) is 9.57. The SMILES string of the molecule is O=C(c1cccc(Br)c1)N1CCN(Cc2noc(-c3cccc(C(F)(F)F)c3)n2)CC1. The number of piperazine rings is 1. The molecule has 31 heavy (non-hydrogen) atoms. The third-order valence-corrected chi connectivity index (χ3v) is 5.49. The molecule has 1 aliphatic rings. The van der Waals surface area contributed by atoms with Crippen molar-refractivity contribution in [2.75, 3.05) is 26.2 Å². The summed E-state index contributed by atoms with van der Waals surface area (Å²) in [5, 5.41) is 3.90. The van der Waals surface area contributed by atoms with Crippen LogP contribution in [0.15, 0.2) is 57.5 Å². The van der Waals surface area contributed by atoms with Gasteiger partial charge in [-0.25, -0.2) is 0 Å². The van der Waals surface area contributed by atoms with Crippen molar-refractivity contribution in [2.24, 2.45) is 0 Å². The largest absolute Gasteiger partial charge is 0.416 e. The van der Waals surface area contributed by atoms with Gasteiger partial charge in [0.15, 0.2) is 5.82 Å². The number of hydrogen-bond acceptors (Lipinski definition) is 5. The molecule has 0 radical (unpaired) electrons. The van der Waals surface area contributed by atoms with Crippen molar-refractivity contribution in [3.8, 4) is 11.5 Å². The van der Waals surface area contributed by atoms with Crippen molar-refractivity contribution >= 4 is 21.8 Å². The molecule has 0 aliphatic carbocycles. The number of benzene rings is 2. The monoisotopic (exact) mass is 494 g/mol. The molecule has 1 amide bonds. The van der Waals surface area contributed by atoms with E-state index in [1.54, 1.807) is 17.0 Å². The van der Waals surface area contributed by atoms with E-state index >= 15 is 0 Å². The first-order chi connectivity index (χ1) is 14.8. The van der Waals surface area contributed by atoms with Crippen LogP contribution >= 0.6 is 15.9 Å². The van der Waals surface area contributed by atoms with E-state index in [2.05, 4.69) is 31.0 Å². The maximum Gasteiger partial charge on any atom is 0.416 e. The van der Waals surface area contributed by atoms with Crippen LogP contribution in [-0.2, 0) is 12.7 Å². The highest BCUT2D eigenvalue weighted by atomic mass is 79.9. The van der Waals surface area contributed by atoms with Crippen LogP contribution in [0.4, 0.5) is 13.2 Å². The van der Waals surface area contributed by atoms with Crippen LogP contribution in [0.25, 0.3) is 11.5 Å². The third-order valence-electron chi connectivity index (χ3n) is 5.00. The Morgan fingerprint density at radius 3 is 2.52 bits per heavy atom. The van der Waals surface area contributed by atoms with Gasteiger partial charge in [-0.15, -0.1) is 0 Å². The van der Waals surface area contributed by atoms with E-state index in [0.29, 0.717) is 44.1 Å². The molecule has 0 spiro atoms. The lowest BCUT2D eigenvalue weighted by Crippen LogP contribution is -2.48. The number of rotatable bonds is 4. The number of carbonyl (C=O) groups is 1. The summed E-state index contributed by atoms with van der Waals surface area (Å²) in [4.78, 5) is 20.7. The smallest absolute Gasteiger partial charge is 0.336 e. The van der Waals surface area contributed by atoms with Crippen LogP contribution in [0.2, 0.25) is 0 Å². The molecule has 1 aliphatic heterocycles. The van der Waals surface area contributed by atoms with Crippen LogP contribution in [0.3, 0.4) is 0 Å². The Labute approximate surface area is 184 Å². The minimum absolute atomic E-state index is 0.0210. The Hall–Kier alpha value is -2.72. The van der Waals surface area contributed by atoms with E-state index in [1.807, 2.05) is 12.1 Å². The molecule has 0 N–H and O–H groups in total. The predicted molar refractivity (Wildman–Crippen MR) is 110 cm³/mol. The molecule has 0 bridgehead atoms. The standard InChI is InChI=1S/C21H18BrF3N4O2/c22-17-6-2-4-15(12-17)20(30)29-9-7-28(8-10-29)13-18-26-19(31-27-18)14-3-1-5-16(11-14)21(23,24)25/h1-6,11-12H,7-10,13H2. The quantitative estimate of drug-likeness (QED) is 0.535. The molecule has 0 saturated carbocycles. The van der Waals surface area contributed by atoms with Gasteiger partial charge in [0.25, 0.3) is 11.8 Å². The van der Waals surface area contributed by atoms with E-state index in [-0.39, 0.29) is 17.4 Å². The van der Waals surface area contributed by atoms with E-state index in [0.717, 1.165) is 16.6 Å². The normalized spacial score (nSPS) is 15.3. The molecule has 10 heteroatoms. The Morgan fingerprint density at radius 2 is 1.81 bits per heavy atom. The fourth-order valence-electron chi connectivity index (χ4n) is 3.38. The minimum atomic E-state index is -4.44. The average molecular weight is 495 g/mol. The van der Waals surface area contributed by atoms with E-state index in [4.69, 9.17) is 4.52 Å². The summed E-state index contributed by atoms with van der Waals surface area (Å²) in [7, 11) is 0. The van der Waals surface area contributed by atoms with E-state index < -0.39 is 11.7 Å². The van der Waals surface area contributed by atoms with Crippen LogP contribution in [0.5, 0.6) is 0 Å². The van der Waals surface area contributed by atoms with Crippen molar-refractivity contribution in [1.29, 1.82) is 0 Å². The molecule has 4 rings (SSSR count). The number of hydrogen-bond donors (Lipinski definition) is 0. The summed E-state index contributed by atoms with van der Waals surface area (Å²) in [5.74, 6) is 0.413. The van der Waals surface area contributed by atoms with Crippen molar-refractivity contribution in [1.82, 2.24) is 19.9 Å². The number of amides is 1. The maximum atomic E-state index is 12.9. The van der Waals surface area contributed by atoms with Crippen LogP contribution in [0.1, 0.15) is 21.7 Å². The number of aromatic nitrogens is 2. The molecular weight excluding hydrogens is 477 g/mol. The Bertz CT molecular complexity index is 1080. The Morgan fingerprint density at radius 1 is 1.06 bits per heavy atom. The highest BCUT2D eigenvalue weighted by Gasteiger charge is 2.31. The first kappa shape index (κ1) is 21.5. The third kappa shape index (κ3) is 5.13. The zero-order chi connectivity index (χ0) is 22.0. The summed E-state index contributed by atoms with van der Waals surface area (Å²) in [6, 6.07) is 12.1. The molecule has 6 nitrogen and oxygen atoms in total. The number of halogens is 4. The zero-order valence-electron chi connectivity index (χ0n) is 16.3. The minimum Gasteiger partial charge on any atom is -0.336 e. The lowest BCUT2D eigenvalue weighted by atomic mass is 10.1.